The largest absolute Gasteiger partial charge is 0.379 e. The van der Waals surface area contributed by atoms with Gasteiger partial charge in [0.15, 0.2) is 5.96 Å². The zero-order chi connectivity index (χ0) is 17.0. The number of guanidine groups is 1. The van der Waals surface area contributed by atoms with Crippen LogP contribution in [0.15, 0.2) is 4.99 Å². The quantitative estimate of drug-likeness (QED) is 0.445. The Kier molecular flexibility index (Phi) is 10.6. The minimum absolute atomic E-state index is 0.0373. The average Bonchev–Trinajstić information content (AvgIpc) is 2.44. The topological polar surface area (TPSA) is 74.8 Å². The fourth-order valence-corrected chi connectivity index (χ4v) is 1.87. The lowest BCUT2D eigenvalue weighted by Gasteiger charge is -2.28. The van der Waals surface area contributed by atoms with E-state index in [1.165, 1.54) is 0 Å². The van der Waals surface area contributed by atoms with E-state index in [1.54, 1.807) is 7.11 Å². The number of ether oxygens (including phenoxy) is 1. The molecular formula is C16H34N4O2. The zero-order valence-electron chi connectivity index (χ0n) is 15.1. The number of hydrogen-bond donors (Lipinski definition) is 3. The van der Waals surface area contributed by atoms with Crippen LogP contribution in [0.25, 0.3) is 0 Å². The zero-order valence-corrected chi connectivity index (χ0v) is 15.1. The van der Waals surface area contributed by atoms with Crippen molar-refractivity contribution in [3.8, 4) is 0 Å². The van der Waals surface area contributed by atoms with Crippen molar-refractivity contribution in [2.24, 2.45) is 10.4 Å². The highest BCUT2D eigenvalue weighted by atomic mass is 16.5. The molecule has 0 aromatic heterocycles. The van der Waals surface area contributed by atoms with Crippen LogP contribution in [0.5, 0.6) is 0 Å². The van der Waals surface area contributed by atoms with Crippen molar-refractivity contribution >= 4 is 11.9 Å². The lowest BCUT2D eigenvalue weighted by atomic mass is 9.89. The summed E-state index contributed by atoms with van der Waals surface area (Å²) in [4.78, 5) is 16.1. The van der Waals surface area contributed by atoms with E-state index in [9.17, 15) is 4.79 Å². The minimum Gasteiger partial charge on any atom is -0.379 e. The van der Waals surface area contributed by atoms with Gasteiger partial charge in [-0.05, 0) is 18.8 Å². The third kappa shape index (κ3) is 9.60. The van der Waals surface area contributed by atoms with Gasteiger partial charge in [0.25, 0.3) is 0 Å². The van der Waals surface area contributed by atoms with E-state index in [1.807, 2.05) is 13.8 Å². The van der Waals surface area contributed by atoms with Gasteiger partial charge in [-0.25, -0.2) is 0 Å². The normalized spacial score (nSPS) is 13.6. The van der Waals surface area contributed by atoms with Crippen molar-refractivity contribution in [2.45, 2.75) is 53.6 Å². The monoisotopic (exact) mass is 314 g/mol. The Hall–Kier alpha value is -1.30. The Bertz CT molecular complexity index is 338. The summed E-state index contributed by atoms with van der Waals surface area (Å²) in [5.41, 5.74) is 0.0373. The molecule has 130 valence electrons. The van der Waals surface area contributed by atoms with Crippen LogP contribution in [-0.4, -0.2) is 51.3 Å². The molecule has 0 radical (unpaired) electrons. The highest BCUT2D eigenvalue weighted by molar-refractivity contribution is 5.81. The molecule has 0 saturated heterocycles. The van der Waals surface area contributed by atoms with E-state index in [2.05, 4.69) is 41.7 Å². The first-order valence-electron chi connectivity index (χ1n) is 8.16. The van der Waals surface area contributed by atoms with Crippen LogP contribution in [0.4, 0.5) is 0 Å². The molecule has 0 rings (SSSR count). The second-order valence-electron chi connectivity index (χ2n) is 6.34. The van der Waals surface area contributed by atoms with Crippen LogP contribution >= 0.6 is 0 Å². The minimum atomic E-state index is 0.0373. The first kappa shape index (κ1) is 20.7. The number of nitrogens with zero attached hydrogens (tertiary/aromatic N) is 1. The molecule has 0 aliphatic heterocycles. The standard InChI is InChI=1S/C16H34N4O2/c1-7-10-18-14(21)9-11-19-15(17-8-2)20-12-13(22-6)16(3,4)5/h13H,7-12H2,1-6H3,(H,18,21)(H2,17,19,20). The molecule has 0 fully saturated rings. The van der Waals surface area contributed by atoms with Gasteiger partial charge >= 0.3 is 0 Å². The predicted octanol–water partition coefficient (Wildman–Crippen LogP) is 1.52. The molecule has 3 N–H and O–H groups in total. The molecule has 22 heavy (non-hydrogen) atoms. The van der Waals surface area contributed by atoms with E-state index < -0.39 is 0 Å². The number of aliphatic imine (C=N–C) groups is 1. The molecule has 0 saturated carbocycles. The maximum atomic E-state index is 11.6. The molecule has 0 aliphatic rings. The molecule has 1 amide bonds. The number of rotatable bonds is 9. The van der Waals surface area contributed by atoms with Crippen molar-refractivity contribution in [3.05, 3.63) is 0 Å². The number of nitrogens with one attached hydrogen (secondary N) is 3. The van der Waals surface area contributed by atoms with Gasteiger partial charge in [-0.1, -0.05) is 27.7 Å². The fraction of sp³-hybridized carbons (Fsp3) is 0.875. The van der Waals surface area contributed by atoms with Crippen LogP contribution < -0.4 is 16.0 Å². The number of carbonyl (C=O) groups is 1. The van der Waals surface area contributed by atoms with Crippen LogP contribution in [0, 0.1) is 5.41 Å². The van der Waals surface area contributed by atoms with Gasteiger partial charge in [-0.2, -0.15) is 0 Å². The van der Waals surface area contributed by atoms with Crippen LogP contribution in [0.3, 0.4) is 0 Å². The maximum absolute atomic E-state index is 11.6. The Balaban J connectivity index is 4.34. The second kappa shape index (κ2) is 11.3. The van der Waals surface area contributed by atoms with Crippen molar-refractivity contribution in [3.63, 3.8) is 0 Å². The molecule has 0 heterocycles. The molecule has 0 aromatic carbocycles. The summed E-state index contributed by atoms with van der Waals surface area (Å²) in [5, 5.41) is 9.22. The van der Waals surface area contributed by atoms with Gasteiger partial charge < -0.3 is 20.7 Å². The van der Waals surface area contributed by atoms with Gasteiger partial charge in [0, 0.05) is 33.2 Å². The molecule has 0 aromatic rings. The lowest BCUT2D eigenvalue weighted by Crippen LogP contribution is -2.40. The highest BCUT2D eigenvalue weighted by Crippen LogP contribution is 2.21. The summed E-state index contributed by atoms with van der Waals surface area (Å²) in [6.07, 6.45) is 1.45. The summed E-state index contributed by atoms with van der Waals surface area (Å²) in [7, 11) is 1.71. The van der Waals surface area contributed by atoms with Crippen LogP contribution in [-0.2, 0) is 9.53 Å². The Morgan fingerprint density at radius 2 is 1.82 bits per heavy atom. The first-order valence-corrected chi connectivity index (χ1v) is 8.16. The molecule has 1 atom stereocenters. The molecule has 0 aliphatic carbocycles. The molecule has 6 heteroatoms. The van der Waals surface area contributed by atoms with Gasteiger partial charge in [-0.3, -0.25) is 9.79 Å². The van der Waals surface area contributed by atoms with Gasteiger partial charge in [0.2, 0.25) is 5.91 Å². The third-order valence-electron chi connectivity index (χ3n) is 3.23. The van der Waals surface area contributed by atoms with Crippen molar-refractivity contribution in [2.75, 3.05) is 33.3 Å². The lowest BCUT2D eigenvalue weighted by molar-refractivity contribution is -0.120. The van der Waals surface area contributed by atoms with Crippen molar-refractivity contribution < 1.29 is 9.53 Å². The molecule has 6 nitrogen and oxygen atoms in total. The fourth-order valence-electron chi connectivity index (χ4n) is 1.87. The summed E-state index contributed by atoms with van der Waals surface area (Å²) in [6, 6.07) is 0. The smallest absolute Gasteiger partial charge is 0.221 e. The summed E-state index contributed by atoms with van der Waals surface area (Å²) >= 11 is 0. The highest BCUT2D eigenvalue weighted by Gasteiger charge is 2.24. The average molecular weight is 314 g/mol. The number of hydrogen-bond acceptors (Lipinski definition) is 3. The maximum Gasteiger partial charge on any atom is 0.221 e. The summed E-state index contributed by atoms with van der Waals surface area (Å²) in [5.74, 6) is 0.784. The molecular weight excluding hydrogens is 280 g/mol. The van der Waals surface area contributed by atoms with Crippen LogP contribution in [0.2, 0.25) is 0 Å². The molecule has 0 bridgehead atoms. The number of amides is 1. The number of methoxy groups -OCH3 is 1. The predicted molar refractivity (Wildman–Crippen MR) is 92.2 cm³/mol. The van der Waals surface area contributed by atoms with E-state index in [4.69, 9.17) is 4.74 Å². The first-order chi connectivity index (χ1) is 10.3. The van der Waals surface area contributed by atoms with Crippen LogP contribution in [0.1, 0.15) is 47.5 Å². The molecule has 1 unspecified atom stereocenters. The summed E-state index contributed by atoms with van der Waals surface area (Å²) < 4.78 is 5.50. The number of carbonyl (C=O) groups excluding carboxylic acids is 1. The Morgan fingerprint density at radius 3 is 2.32 bits per heavy atom. The summed E-state index contributed by atoms with van der Waals surface area (Å²) in [6.45, 7) is 13.1. The SMILES string of the molecule is CCCNC(=O)CCNC(=NCC(OC)C(C)(C)C)NCC. The van der Waals surface area contributed by atoms with Gasteiger partial charge in [0.05, 0.1) is 12.6 Å². The Labute approximate surface area is 135 Å². The second-order valence-corrected chi connectivity index (χ2v) is 6.34. The Morgan fingerprint density at radius 1 is 1.14 bits per heavy atom. The van der Waals surface area contributed by atoms with Gasteiger partial charge in [0.1, 0.15) is 0 Å². The van der Waals surface area contributed by atoms with E-state index in [-0.39, 0.29) is 17.4 Å². The third-order valence-corrected chi connectivity index (χ3v) is 3.23. The van der Waals surface area contributed by atoms with E-state index in [0.717, 1.165) is 25.5 Å². The van der Waals surface area contributed by atoms with E-state index in [0.29, 0.717) is 19.5 Å². The molecule has 0 spiro atoms. The van der Waals surface area contributed by atoms with Crippen molar-refractivity contribution in [1.29, 1.82) is 0 Å². The van der Waals surface area contributed by atoms with E-state index >= 15 is 0 Å². The van der Waals surface area contributed by atoms with Gasteiger partial charge in [-0.15, -0.1) is 0 Å². The van der Waals surface area contributed by atoms with Crippen molar-refractivity contribution in [1.82, 2.24) is 16.0 Å².